The quantitative estimate of drug-likeness (QED) is 0.0607. The number of nitrogens with zero attached hydrogens (tertiary/aromatic N) is 5. The first-order valence-electron chi connectivity index (χ1n) is 10.3. The van der Waals surface area contributed by atoms with Crippen molar-refractivity contribution < 1.29 is 32.1 Å². The van der Waals surface area contributed by atoms with Crippen molar-refractivity contribution >= 4 is 43.7 Å². The Kier molecular flexibility index (Phi) is 8.05. The maximum Gasteiger partial charge on any atom is 0.434 e. The Morgan fingerprint density at radius 3 is 2.65 bits per heavy atom. The number of hydrogen-bond acceptors (Lipinski definition) is 11. The van der Waals surface area contributed by atoms with Crippen molar-refractivity contribution in [1.82, 2.24) is 24.8 Å². The molecule has 0 radical (unpaired) electrons. The summed E-state index contributed by atoms with van der Waals surface area (Å²) < 4.78 is 47.9. The van der Waals surface area contributed by atoms with E-state index in [4.69, 9.17) is 25.5 Å². The molecule has 2 heterocycles. The van der Waals surface area contributed by atoms with Crippen LogP contribution < -0.4 is 20.8 Å². The molecule has 0 saturated heterocycles. The molecule has 1 aliphatic heterocycles. The molecule has 0 fully saturated rings. The van der Waals surface area contributed by atoms with Gasteiger partial charge in [0, 0.05) is 13.1 Å². The summed E-state index contributed by atoms with van der Waals surface area (Å²) in [6.07, 6.45) is 1.25. The molecule has 1 aromatic carbocycles. The second kappa shape index (κ2) is 10.6. The Balaban J connectivity index is 2.00. The molecule has 6 N–H and O–H groups in total. The first-order valence-corrected chi connectivity index (χ1v) is 12.5. The maximum absolute atomic E-state index is 13.8. The number of nitrogens with two attached hydrogens (primary N) is 1. The standard InChI is InChI=1S/C18H23BrFN9O7S/c1-18(2,13-9-24-17(26(13)3)28(30)31)35-29-16(23-6-7-25-37(32,33)34)14(15(21)22)27(36-29)10-4-5-12(20)11(19)8-10/h4-5,8-9,23,25H,6-7H2,1-3H3,(H3,21,22)(H,32,33,34). The van der Waals surface area contributed by atoms with Crippen LogP contribution in [0, 0.1) is 21.3 Å². The zero-order valence-corrected chi connectivity index (χ0v) is 22.0. The van der Waals surface area contributed by atoms with Gasteiger partial charge in [0.25, 0.3) is 0 Å². The predicted octanol–water partition coefficient (Wildman–Crippen LogP) is 1.15. The van der Waals surface area contributed by atoms with Crippen LogP contribution in [0.1, 0.15) is 19.5 Å². The van der Waals surface area contributed by atoms with Crippen LogP contribution in [0.15, 0.2) is 40.4 Å². The zero-order chi connectivity index (χ0) is 27.7. The van der Waals surface area contributed by atoms with E-state index in [9.17, 15) is 22.9 Å². The van der Waals surface area contributed by atoms with E-state index in [-0.39, 0.29) is 40.5 Å². The summed E-state index contributed by atoms with van der Waals surface area (Å²) >= 11 is 3.08. The predicted molar refractivity (Wildman–Crippen MR) is 130 cm³/mol. The molecule has 0 spiro atoms. The van der Waals surface area contributed by atoms with Gasteiger partial charge in [0.2, 0.25) is 0 Å². The Morgan fingerprint density at radius 2 is 2.11 bits per heavy atom. The largest absolute Gasteiger partial charge is 0.434 e. The molecule has 1 aliphatic rings. The second-order valence-electron chi connectivity index (χ2n) is 8.00. The van der Waals surface area contributed by atoms with Crippen LogP contribution in [0.25, 0.3) is 0 Å². The molecule has 3 rings (SSSR count). The minimum atomic E-state index is -4.47. The Bertz CT molecular complexity index is 1370. The van der Waals surface area contributed by atoms with Gasteiger partial charge in [-0.1, -0.05) is 10.2 Å². The summed E-state index contributed by atoms with van der Waals surface area (Å²) in [5.41, 5.74) is 4.91. The average molecular weight is 608 g/mol. The third-order valence-corrected chi connectivity index (χ3v) is 6.09. The highest BCUT2D eigenvalue weighted by Crippen LogP contribution is 2.36. The van der Waals surface area contributed by atoms with Crippen molar-refractivity contribution in [2.45, 2.75) is 19.4 Å². The topological polar surface area (TPSA) is 214 Å². The number of nitrogens with one attached hydrogen (secondary N) is 3. The number of halogens is 2. The third-order valence-electron chi connectivity index (χ3n) is 4.92. The van der Waals surface area contributed by atoms with Gasteiger partial charge in [-0.25, -0.2) is 13.8 Å². The van der Waals surface area contributed by atoms with Crippen LogP contribution in [0.4, 0.5) is 16.0 Å². The number of benzene rings is 1. The molecule has 19 heteroatoms. The van der Waals surface area contributed by atoms with E-state index in [1.54, 1.807) is 13.8 Å². The van der Waals surface area contributed by atoms with E-state index in [0.29, 0.717) is 0 Å². The highest BCUT2D eigenvalue weighted by Gasteiger charge is 2.41. The molecule has 0 amide bonds. The molecule has 202 valence electrons. The lowest BCUT2D eigenvalue weighted by molar-refractivity contribution is -0.397. The molecule has 2 aromatic rings. The number of rotatable bonds is 11. The van der Waals surface area contributed by atoms with Crippen LogP contribution >= 0.6 is 15.9 Å². The van der Waals surface area contributed by atoms with Crippen LogP contribution in [0.2, 0.25) is 0 Å². The van der Waals surface area contributed by atoms with Gasteiger partial charge in [-0.05, 0) is 52.9 Å². The molecule has 0 bridgehead atoms. The molecular formula is C18H23BrFN9O7S. The average Bonchev–Trinajstić information content (AvgIpc) is 3.33. The van der Waals surface area contributed by atoms with Crippen LogP contribution in [-0.4, -0.2) is 51.6 Å². The van der Waals surface area contributed by atoms with Crippen molar-refractivity contribution in [3.05, 3.63) is 62.0 Å². The van der Waals surface area contributed by atoms with Gasteiger partial charge in [-0.2, -0.15) is 18.2 Å². The van der Waals surface area contributed by atoms with Gasteiger partial charge >= 0.3 is 16.3 Å². The highest BCUT2D eigenvalue weighted by atomic mass is 79.9. The van der Waals surface area contributed by atoms with E-state index in [1.807, 2.05) is 4.72 Å². The first-order chi connectivity index (χ1) is 17.1. The van der Waals surface area contributed by atoms with E-state index >= 15 is 0 Å². The number of imidazole rings is 1. The molecule has 0 aliphatic carbocycles. The summed E-state index contributed by atoms with van der Waals surface area (Å²) in [6.45, 7) is 2.73. The summed E-state index contributed by atoms with van der Waals surface area (Å²) in [5, 5.41) is 24.0. The zero-order valence-electron chi connectivity index (χ0n) is 19.6. The smallest absolute Gasteiger partial charge is 0.390 e. The van der Waals surface area contributed by atoms with Gasteiger partial charge in [0.15, 0.2) is 17.1 Å². The van der Waals surface area contributed by atoms with E-state index in [0.717, 1.165) is 16.4 Å². The summed E-state index contributed by atoms with van der Waals surface area (Å²) in [4.78, 5) is 26.1. The molecule has 0 unspecified atom stereocenters. The fraction of sp³-hybridized carbons (Fsp3) is 0.333. The van der Waals surface area contributed by atoms with E-state index in [1.165, 1.54) is 29.9 Å². The molecule has 0 saturated carbocycles. The van der Waals surface area contributed by atoms with Crippen LogP contribution in [0.5, 0.6) is 0 Å². The molecule has 37 heavy (non-hydrogen) atoms. The SMILES string of the molecule is Cn1c(C(C)(C)ON2ON(c3ccc(F)c(Br)c3)C(C(=N)N)=C2NCCNS(=O)(=O)O)cnc1[N+](=O)[O-]. The lowest BCUT2D eigenvalue weighted by Crippen LogP contribution is -2.39. The van der Waals surface area contributed by atoms with Crippen molar-refractivity contribution in [3.8, 4) is 0 Å². The second-order valence-corrected chi connectivity index (χ2v) is 10.1. The van der Waals surface area contributed by atoms with Crippen molar-refractivity contribution in [3.63, 3.8) is 0 Å². The number of nitro groups is 1. The monoisotopic (exact) mass is 607 g/mol. The van der Waals surface area contributed by atoms with Gasteiger partial charge in [-0.15, -0.1) is 4.94 Å². The van der Waals surface area contributed by atoms with E-state index < -0.39 is 38.4 Å². The van der Waals surface area contributed by atoms with Gasteiger partial charge in [0.05, 0.1) is 17.2 Å². The van der Waals surface area contributed by atoms with Crippen molar-refractivity contribution in [2.75, 3.05) is 18.2 Å². The summed E-state index contributed by atoms with van der Waals surface area (Å²) in [5.74, 6) is -1.56. The number of amidine groups is 1. The lowest BCUT2D eigenvalue weighted by atomic mass is 10.1. The maximum atomic E-state index is 13.8. The molecule has 16 nitrogen and oxygen atoms in total. The Hall–Kier alpha value is -3.36. The summed E-state index contributed by atoms with van der Waals surface area (Å²) in [6, 6.07) is 3.85. The number of hydroxylamine groups is 3. The molecule has 1 aromatic heterocycles. The third kappa shape index (κ3) is 6.32. The van der Waals surface area contributed by atoms with Gasteiger partial charge < -0.3 is 21.2 Å². The fourth-order valence-electron chi connectivity index (χ4n) is 3.32. The number of aromatic nitrogens is 2. The Labute approximate surface area is 218 Å². The van der Waals surface area contributed by atoms with Crippen molar-refractivity contribution in [1.29, 1.82) is 5.41 Å². The highest BCUT2D eigenvalue weighted by molar-refractivity contribution is 9.10. The van der Waals surface area contributed by atoms with Crippen molar-refractivity contribution in [2.24, 2.45) is 12.8 Å². The van der Waals surface area contributed by atoms with Gasteiger partial charge in [-0.3, -0.25) is 9.96 Å². The minimum Gasteiger partial charge on any atom is -0.390 e. The van der Waals surface area contributed by atoms with Crippen LogP contribution in [-0.2, 0) is 32.7 Å². The molecular weight excluding hydrogens is 585 g/mol. The van der Waals surface area contributed by atoms with E-state index in [2.05, 4.69) is 26.2 Å². The number of anilines is 1. The van der Waals surface area contributed by atoms with Gasteiger partial charge in [0.1, 0.15) is 23.5 Å². The first kappa shape index (κ1) is 28.2. The summed E-state index contributed by atoms with van der Waals surface area (Å²) in [7, 11) is -3.04. The Morgan fingerprint density at radius 1 is 1.43 bits per heavy atom. The number of hydrogen-bond donors (Lipinski definition) is 5. The fourth-order valence-corrected chi connectivity index (χ4v) is 4.04. The normalized spacial score (nSPS) is 14.4. The van der Waals surface area contributed by atoms with Crippen LogP contribution in [0.3, 0.4) is 0 Å². The lowest BCUT2D eigenvalue weighted by Gasteiger charge is -2.29. The minimum absolute atomic E-state index is 0.0603. The molecule has 0 atom stereocenters.